The van der Waals surface area contributed by atoms with E-state index in [0.29, 0.717) is 0 Å². The Balaban J connectivity index is 2.24. The fourth-order valence-electron chi connectivity index (χ4n) is 2.08. The summed E-state index contributed by atoms with van der Waals surface area (Å²) in [5.41, 5.74) is 1.13. The van der Waals surface area contributed by atoms with Gasteiger partial charge >= 0.3 is 0 Å². The maximum atomic E-state index is 4.50. The van der Waals surface area contributed by atoms with Crippen LogP contribution >= 0.6 is 0 Å². The summed E-state index contributed by atoms with van der Waals surface area (Å²) in [5, 5.41) is 10.4. The lowest BCUT2D eigenvalue weighted by Crippen LogP contribution is -2.26. The van der Waals surface area contributed by atoms with Gasteiger partial charge in [0.15, 0.2) is 0 Å². The minimum Gasteiger partial charge on any atom is -0.333 e. The average molecular weight is 247 g/mol. The second-order valence-corrected chi connectivity index (χ2v) is 4.40. The Hall–Kier alpha value is -1.62. The summed E-state index contributed by atoms with van der Waals surface area (Å²) in [5.74, 6) is 1.06. The van der Waals surface area contributed by atoms with E-state index in [1.165, 1.54) is 0 Å². The second kappa shape index (κ2) is 6.35. The monoisotopic (exact) mass is 247 g/mol. The first-order chi connectivity index (χ1) is 8.86. The van der Waals surface area contributed by atoms with E-state index in [0.717, 1.165) is 37.3 Å². The average Bonchev–Trinajstić information content (AvgIpc) is 3.02. The van der Waals surface area contributed by atoms with E-state index < -0.39 is 0 Å². The Morgan fingerprint density at radius 1 is 1.39 bits per heavy atom. The lowest BCUT2D eigenvalue weighted by molar-refractivity contribution is 0.530. The molecule has 2 N–H and O–H groups in total. The van der Waals surface area contributed by atoms with Gasteiger partial charge in [0.05, 0.1) is 12.2 Å². The molecule has 1 atom stereocenters. The van der Waals surface area contributed by atoms with Crippen molar-refractivity contribution in [1.29, 1.82) is 0 Å². The number of nitrogens with one attached hydrogen (secondary N) is 2. The zero-order valence-corrected chi connectivity index (χ0v) is 11.1. The van der Waals surface area contributed by atoms with Gasteiger partial charge in [-0.2, -0.15) is 5.10 Å². The highest BCUT2D eigenvalue weighted by Gasteiger charge is 2.19. The van der Waals surface area contributed by atoms with Gasteiger partial charge in [-0.3, -0.25) is 5.10 Å². The zero-order chi connectivity index (χ0) is 12.8. The molecular weight excluding hydrogens is 226 g/mol. The van der Waals surface area contributed by atoms with E-state index in [9.17, 15) is 0 Å². The first-order valence-electron chi connectivity index (χ1n) is 6.59. The van der Waals surface area contributed by atoms with Gasteiger partial charge in [-0.15, -0.1) is 0 Å². The van der Waals surface area contributed by atoms with Crippen molar-refractivity contribution in [3.63, 3.8) is 0 Å². The number of hydrogen-bond acceptors (Lipinski definition) is 3. The van der Waals surface area contributed by atoms with Crippen LogP contribution in [-0.2, 0) is 6.54 Å². The van der Waals surface area contributed by atoms with Crippen molar-refractivity contribution in [2.24, 2.45) is 0 Å². The Kier molecular flexibility index (Phi) is 4.52. The Labute approximate surface area is 108 Å². The molecule has 18 heavy (non-hydrogen) atoms. The van der Waals surface area contributed by atoms with E-state index >= 15 is 0 Å². The first-order valence-corrected chi connectivity index (χ1v) is 6.59. The molecule has 0 radical (unpaired) electrons. The normalized spacial score (nSPS) is 12.8. The molecule has 0 aliphatic carbocycles. The maximum absolute atomic E-state index is 4.50. The summed E-state index contributed by atoms with van der Waals surface area (Å²) >= 11 is 0. The van der Waals surface area contributed by atoms with Gasteiger partial charge in [0.25, 0.3) is 0 Å². The molecule has 0 bridgehead atoms. The van der Waals surface area contributed by atoms with E-state index in [1.807, 2.05) is 24.8 Å². The van der Waals surface area contributed by atoms with Gasteiger partial charge in [-0.05, 0) is 19.4 Å². The number of aromatic nitrogens is 4. The highest BCUT2D eigenvalue weighted by molar-refractivity contribution is 5.19. The van der Waals surface area contributed by atoms with Crippen molar-refractivity contribution < 1.29 is 0 Å². The molecule has 2 aromatic heterocycles. The van der Waals surface area contributed by atoms with Crippen LogP contribution in [0.1, 0.15) is 44.1 Å². The number of hydrogen-bond donors (Lipinski definition) is 2. The minimum atomic E-state index is 0.116. The Morgan fingerprint density at radius 2 is 2.28 bits per heavy atom. The third-order valence-corrected chi connectivity index (χ3v) is 2.92. The van der Waals surface area contributed by atoms with E-state index in [4.69, 9.17) is 0 Å². The molecule has 2 rings (SSSR count). The zero-order valence-electron chi connectivity index (χ0n) is 11.1. The number of imidazole rings is 1. The van der Waals surface area contributed by atoms with Gasteiger partial charge < -0.3 is 9.88 Å². The molecule has 98 valence electrons. The van der Waals surface area contributed by atoms with E-state index in [1.54, 1.807) is 0 Å². The molecule has 2 heterocycles. The molecule has 1 unspecified atom stereocenters. The molecule has 0 spiro atoms. The van der Waals surface area contributed by atoms with Crippen LogP contribution in [0.15, 0.2) is 24.8 Å². The van der Waals surface area contributed by atoms with Crippen molar-refractivity contribution in [1.82, 2.24) is 25.1 Å². The van der Waals surface area contributed by atoms with Crippen molar-refractivity contribution >= 4 is 0 Å². The Bertz CT molecular complexity index is 446. The molecular formula is C13H21N5. The predicted molar refractivity (Wildman–Crippen MR) is 71.2 cm³/mol. The highest BCUT2D eigenvalue weighted by Crippen LogP contribution is 2.19. The van der Waals surface area contributed by atoms with Crippen LogP contribution in [0.4, 0.5) is 0 Å². The van der Waals surface area contributed by atoms with Crippen LogP contribution in [0.2, 0.25) is 0 Å². The van der Waals surface area contributed by atoms with Gasteiger partial charge in [0, 0.05) is 30.7 Å². The number of rotatable bonds is 7. The van der Waals surface area contributed by atoms with Crippen molar-refractivity contribution in [2.75, 3.05) is 6.54 Å². The van der Waals surface area contributed by atoms with Crippen LogP contribution in [0.25, 0.3) is 0 Å². The quantitative estimate of drug-likeness (QED) is 0.787. The SMILES string of the molecule is CCCNC(c1cn[nH]c1)c1nccn1CCC. The minimum absolute atomic E-state index is 0.116. The van der Waals surface area contributed by atoms with Gasteiger partial charge in [-0.1, -0.05) is 13.8 Å². The van der Waals surface area contributed by atoms with Crippen LogP contribution in [0.5, 0.6) is 0 Å². The van der Waals surface area contributed by atoms with Crippen molar-refractivity contribution in [3.05, 3.63) is 36.2 Å². The van der Waals surface area contributed by atoms with Gasteiger partial charge in [0.1, 0.15) is 5.82 Å². The summed E-state index contributed by atoms with van der Waals surface area (Å²) in [6.45, 7) is 6.31. The molecule has 0 aliphatic rings. The number of nitrogens with zero attached hydrogens (tertiary/aromatic N) is 3. The van der Waals surface area contributed by atoms with Gasteiger partial charge in [0.2, 0.25) is 0 Å². The lowest BCUT2D eigenvalue weighted by atomic mass is 10.1. The van der Waals surface area contributed by atoms with Crippen LogP contribution in [0.3, 0.4) is 0 Å². The third-order valence-electron chi connectivity index (χ3n) is 2.92. The summed E-state index contributed by atoms with van der Waals surface area (Å²) in [7, 11) is 0. The smallest absolute Gasteiger partial charge is 0.130 e. The van der Waals surface area contributed by atoms with Crippen LogP contribution < -0.4 is 5.32 Å². The molecule has 0 saturated heterocycles. The fraction of sp³-hybridized carbons (Fsp3) is 0.538. The van der Waals surface area contributed by atoms with Crippen LogP contribution in [0, 0.1) is 0 Å². The number of aromatic amines is 1. The number of H-pyrrole nitrogens is 1. The van der Waals surface area contributed by atoms with Gasteiger partial charge in [-0.25, -0.2) is 4.98 Å². The predicted octanol–water partition coefficient (Wildman–Crippen LogP) is 2.11. The first kappa shape index (κ1) is 12.8. The molecule has 2 aromatic rings. The lowest BCUT2D eigenvalue weighted by Gasteiger charge is -2.18. The topological polar surface area (TPSA) is 58.5 Å². The highest BCUT2D eigenvalue weighted by atomic mass is 15.1. The van der Waals surface area contributed by atoms with E-state index in [-0.39, 0.29) is 6.04 Å². The fourth-order valence-corrected chi connectivity index (χ4v) is 2.08. The largest absolute Gasteiger partial charge is 0.333 e. The van der Waals surface area contributed by atoms with E-state index in [2.05, 4.69) is 38.9 Å². The molecule has 0 saturated carbocycles. The summed E-state index contributed by atoms with van der Waals surface area (Å²) < 4.78 is 2.21. The van der Waals surface area contributed by atoms with Crippen molar-refractivity contribution in [3.8, 4) is 0 Å². The molecule has 0 aromatic carbocycles. The molecule has 5 nitrogen and oxygen atoms in total. The molecule has 5 heteroatoms. The third kappa shape index (κ3) is 2.79. The van der Waals surface area contributed by atoms with Crippen molar-refractivity contribution in [2.45, 2.75) is 39.3 Å². The molecule has 0 aliphatic heterocycles. The second-order valence-electron chi connectivity index (χ2n) is 4.40. The maximum Gasteiger partial charge on any atom is 0.130 e. The molecule has 0 amide bonds. The van der Waals surface area contributed by atoms with Crippen LogP contribution in [-0.4, -0.2) is 26.3 Å². The number of aryl methyl sites for hydroxylation is 1. The molecule has 0 fully saturated rings. The Morgan fingerprint density at radius 3 is 2.94 bits per heavy atom. The summed E-state index contributed by atoms with van der Waals surface area (Å²) in [6.07, 6.45) is 9.90. The summed E-state index contributed by atoms with van der Waals surface area (Å²) in [4.78, 5) is 4.50. The summed E-state index contributed by atoms with van der Waals surface area (Å²) in [6, 6.07) is 0.116. The standard InChI is InChI=1S/C13H21N5/c1-3-5-14-12(11-9-16-17-10-11)13-15-6-8-18(13)7-4-2/h6,8-10,12,14H,3-5,7H2,1-2H3,(H,16,17).